The first-order valence-corrected chi connectivity index (χ1v) is 7.78. The maximum atomic E-state index is 14.3. The van der Waals surface area contributed by atoms with Crippen LogP contribution >= 0.6 is 55.7 Å². The molecule has 0 atom stereocenters. The van der Waals surface area contributed by atoms with E-state index < -0.39 is 5.82 Å². The Morgan fingerprint density at radius 3 is 2.50 bits per heavy atom. The molecule has 0 aliphatic rings. The number of hydrogen-bond acceptors (Lipinski definition) is 2. The van der Waals surface area contributed by atoms with Crippen LogP contribution in [0.1, 0.15) is 5.56 Å². The normalized spacial score (nSPS) is 10.4. The summed E-state index contributed by atoms with van der Waals surface area (Å²) in [4.78, 5) is 0.131. The number of nitrogens with two attached hydrogens (primary N) is 1. The molecule has 0 spiro atoms. The van der Waals surface area contributed by atoms with Crippen LogP contribution in [-0.2, 0) is 0 Å². The van der Waals surface area contributed by atoms with Crippen LogP contribution in [0.2, 0.25) is 5.02 Å². The lowest BCUT2D eigenvalue weighted by Crippen LogP contribution is -2.11. The largest absolute Gasteiger partial charge is 0.389 e. The molecule has 2 aromatic rings. The summed E-state index contributed by atoms with van der Waals surface area (Å²) in [7, 11) is 0. The second kappa shape index (κ2) is 6.39. The second-order valence-corrected chi connectivity index (χ2v) is 6.31. The average molecular weight is 439 g/mol. The fourth-order valence-corrected chi connectivity index (χ4v) is 2.98. The van der Waals surface area contributed by atoms with Crippen molar-refractivity contribution >= 4 is 72.0 Å². The summed E-state index contributed by atoms with van der Waals surface area (Å²) in [6, 6.07) is 8.51. The number of nitrogens with one attached hydrogen (secondary N) is 1. The van der Waals surface area contributed by atoms with E-state index in [1.807, 2.05) is 0 Å². The zero-order chi connectivity index (χ0) is 14.9. The van der Waals surface area contributed by atoms with Gasteiger partial charge >= 0.3 is 0 Å². The van der Waals surface area contributed by atoms with E-state index in [1.54, 1.807) is 30.3 Å². The van der Waals surface area contributed by atoms with Gasteiger partial charge in [0, 0.05) is 5.56 Å². The lowest BCUT2D eigenvalue weighted by molar-refractivity contribution is 0.625. The van der Waals surface area contributed by atoms with Gasteiger partial charge in [0.1, 0.15) is 4.99 Å². The molecule has 2 aromatic carbocycles. The summed E-state index contributed by atoms with van der Waals surface area (Å²) < 4.78 is 15.2. The van der Waals surface area contributed by atoms with E-state index in [2.05, 4.69) is 37.2 Å². The molecule has 104 valence electrons. The Bertz CT molecular complexity index is 694. The van der Waals surface area contributed by atoms with Gasteiger partial charge in [-0.15, -0.1) is 0 Å². The van der Waals surface area contributed by atoms with Gasteiger partial charge in [-0.2, -0.15) is 0 Å². The van der Waals surface area contributed by atoms with Gasteiger partial charge in [0.2, 0.25) is 0 Å². The summed E-state index contributed by atoms with van der Waals surface area (Å²) in [6.07, 6.45) is 0. The molecule has 0 saturated carbocycles. The number of benzene rings is 2. The Hall–Kier alpha value is -0.690. The van der Waals surface area contributed by atoms with Crippen molar-refractivity contribution in [3.8, 4) is 0 Å². The molecule has 0 fully saturated rings. The topological polar surface area (TPSA) is 38.0 Å². The first kappa shape index (κ1) is 15.7. The first-order valence-electron chi connectivity index (χ1n) is 5.40. The predicted molar refractivity (Wildman–Crippen MR) is 92.4 cm³/mol. The summed E-state index contributed by atoms with van der Waals surface area (Å²) in [5.74, 6) is -0.470. The first-order chi connectivity index (χ1) is 9.41. The maximum absolute atomic E-state index is 14.3. The Morgan fingerprint density at radius 2 is 1.85 bits per heavy atom. The third kappa shape index (κ3) is 3.14. The van der Waals surface area contributed by atoms with Crippen molar-refractivity contribution in [2.24, 2.45) is 5.73 Å². The molecule has 0 aromatic heterocycles. The molecular formula is C13H8Br2ClFN2S. The maximum Gasteiger partial charge on any atom is 0.161 e. The van der Waals surface area contributed by atoms with Crippen molar-refractivity contribution in [2.45, 2.75) is 0 Å². The molecule has 0 bridgehead atoms. The highest BCUT2D eigenvalue weighted by Gasteiger charge is 2.14. The monoisotopic (exact) mass is 436 g/mol. The number of halogens is 4. The van der Waals surface area contributed by atoms with Crippen LogP contribution in [0.4, 0.5) is 15.8 Å². The molecule has 0 aliphatic carbocycles. The van der Waals surface area contributed by atoms with Crippen molar-refractivity contribution in [1.29, 1.82) is 0 Å². The molecule has 0 saturated heterocycles. The highest BCUT2D eigenvalue weighted by molar-refractivity contribution is 9.11. The molecule has 0 aliphatic heterocycles. The van der Waals surface area contributed by atoms with Gasteiger partial charge in [-0.05, 0) is 56.1 Å². The van der Waals surface area contributed by atoms with E-state index in [0.717, 1.165) is 0 Å². The molecular weight excluding hydrogens is 430 g/mol. The van der Waals surface area contributed by atoms with E-state index in [9.17, 15) is 4.39 Å². The van der Waals surface area contributed by atoms with Crippen molar-refractivity contribution in [1.82, 2.24) is 0 Å². The molecule has 0 heterocycles. The van der Waals surface area contributed by atoms with Crippen molar-refractivity contribution < 1.29 is 4.39 Å². The third-order valence-electron chi connectivity index (χ3n) is 2.57. The Kier molecular flexibility index (Phi) is 5.01. The lowest BCUT2D eigenvalue weighted by Gasteiger charge is -2.13. The van der Waals surface area contributed by atoms with Crippen LogP contribution in [0.25, 0.3) is 0 Å². The molecule has 2 nitrogen and oxygen atoms in total. The highest BCUT2D eigenvalue weighted by atomic mass is 79.9. The van der Waals surface area contributed by atoms with Gasteiger partial charge in [-0.25, -0.2) is 4.39 Å². The minimum Gasteiger partial charge on any atom is -0.389 e. The standard InChI is InChI=1S/C13H8Br2ClFN2S/c14-10-6(13(18)20)4-5-9(12(10)17)19-8-3-1-2-7(16)11(8)15/h1-5,19H,(H2,18,20). The Balaban J connectivity index is 2.42. The lowest BCUT2D eigenvalue weighted by atomic mass is 10.2. The molecule has 3 N–H and O–H groups in total. The summed E-state index contributed by atoms with van der Waals surface area (Å²) in [5, 5.41) is 3.50. The van der Waals surface area contributed by atoms with E-state index in [-0.39, 0.29) is 9.46 Å². The highest BCUT2D eigenvalue weighted by Crippen LogP contribution is 2.34. The van der Waals surface area contributed by atoms with Crippen LogP contribution in [0.3, 0.4) is 0 Å². The van der Waals surface area contributed by atoms with Gasteiger partial charge in [-0.1, -0.05) is 29.9 Å². The zero-order valence-corrected chi connectivity index (χ0v) is 14.6. The molecule has 0 radical (unpaired) electrons. The molecule has 0 amide bonds. The molecule has 2 rings (SSSR count). The van der Waals surface area contributed by atoms with E-state index in [1.165, 1.54) is 0 Å². The van der Waals surface area contributed by atoms with Gasteiger partial charge in [0.25, 0.3) is 0 Å². The SMILES string of the molecule is NC(=S)c1ccc(Nc2cccc(Cl)c2Br)c(F)c1Br. The van der Waals surface area contributed by atoms with Gasteiger partial charge in [0.15, 0.2) is 5.82 Å². The minimum absolute atomic E-state index is 0.131. The average Bonchev–Trinajstić information content (AvgIpc) is 2.40. The fourth-order valence-electron chi connectivity index (χ4n) is 1.58. The molecule has 20 heavy (non-hydrogen) atoms. The van der Waals surface area contributed by atoms with Crippen molar-refractivity contribution in [3.63, 3.8) is 0 Å². The van der Waals surface area contributed by atoms with Gasteiger partial charge < -0.3 is 11.1 Å². The fraction of sp³-hybridized carbons (Fsp3) is 0. The zero-order valence-electron chi connectivity index (χ0n) is 9.88. The minimum atomic E-state index is -0.470. The molecule has 0 unspecified atom stereocenters. The Labute approximate surface area is 142 Å². The summed E-state index contributed by atoms with van der Waals surface area (Å²) in [6.45, 7) is 0. The number of thiocarbonyl (C=S) groups is 1. The third-order valence-corrected chi connectivity index (χ3v) is 4.96. The summed E-state index contributed by atoms with van der Waals surface area (Å²) >= 11 is 17.4. The van der Waals surface area contributed by atoms with Crippen LogP contribution in [0.5, 0.6) is 0 Å². The predicted octanol–water partition coefficient (Wildman–Crippen LogP) is 5.38. The van der Waals surface area contributed by atoms with Crippen LogP contribution in [-0.4, -0.2) is 4.99 Å². The smallest absolute Gasteiger partial charge is 0.161 e. The number of hydrogen-bond donors (Lipinski definition) is 2. The van der Waals surface area contributed by atoms with Crippen LogP contribution in [0.15, 0.2) is 39.3 Å². The van der Waals surface area contributed by atoms with E-state index in [0.29, 0.717) is 26.4 Å². The van der Waals surface area contributed by atoms with Crippen LogP contribution < -0.4 is 11.1 Å². The van der Waals surface area contributed by atoms with Crippen molar-refractivity contribution in [3.05, 3.63) is 55.7 Å². The Morgan fingerprint density at radius 1 is 1.15 bits per heavy atom. The van der Waals surface area contributed by atoms with Gasteiger partial charge in [-0.3, -0.25) is 0 Å². The van der Waals surface area contributed by atoms with E-state index in [4.69, 9.17) is 29.6 Å². The second-order valence-electron chi connectivity index (χ2n) is 3.88. The van der Waals surface area contributed by atoms with Gasteiger partial charge in [0.05, 0.1) is 25.3 Å². The van der Waals surface area contributed by atoms with Crippen molar-refractivity contribution in [2.75, 3.05) is 5.32 Å². The van der Waals surface area contributed by atoms with Crippen LogP contribution in [0, 0.1) is 5.82 Å². The quantitative estimate of drug-likeness (QED) is 0.632. The molecule has 7 heteroatoms. The van der Waals surface area contributed by atoms with E-state index >= 15 is 0 Å². The number of rotatable bonds is 3. The summed E-state index contributed by atoms with van der Waals surface area (Å²) in [5.41, 5.74) is 6.92. The number of anilines is 2.